The van der Waals surface area contributed by atoms with Crippen LogP contribution in [-0.4, -0.2) is 56.2 Å². The number of nitrogens with zero attached hydrogens (tertiary/aromatic N) is 2. The van der Waals surface area contributed by atoms with Gasteiger partial charge in [-0.15, -0.1) is 11.3 Å². The molecule has 0 aliphatic heterocycles. The molecule has 3 rings (SSSR count). The molecule has 2 amide bonds. The third-order valence-corrected chi connectivity index (χ3v) is 8.44. The van der Waals surface area contributed by atoms with Gasteiger partial charge in [0.15, 0.2) is 0 Å². The molecular weight excluding hydrogens is 510 g/mol. The topological polar surface area (TPSA) is 96.0 Å². The lowest BCUT2D eigenvalue weighted by Gasteiger charge is -2.27. The van der Waals surface area contributed by atoms with Gasteiger partial charge in [-0.25, -0.2) is 8.42 Å². The van der Waals surface area contributed by atoms with Crippen LogP contribution in [0.1, 0.15) is 28.7 Å². The van der Waals surface area contributed by atoms with E-state index in [9.17, 15) is 18.0 Å². The van der Waals surface area contributed by atoms with Crippen LogP contribution in [0.5, 0.6) is 0 Å². The summed E-state index contributed by atoms with van der Waals surface area (Å²) in [5, 5.41) is 2.63. The second-order valence-electron chi connectivity index (χ2n) is 8.64. The maximum absolute atomic E-state index is 13.6. The van der Waals surface area contributed by atoms with E-state index in [4.69, 9.17) is 4.74 Å². The van der Waals surface area contributed by atoms with Crippen molar-refractivity contribution in [3.8, 4) is 0 Å². The fourth-order valence-corrected chi connectivity index (χ4v) is 6.11. The molecule has 0 saturated carbocycles. The number of ether oxygens (including phenoxy) is 1. The third-order valence-electron chi connectivity index (χ3n) is 5.59. The van der Waals surface area contributed by atoms with Crippen LogP contribution in [0.2, 0.25) is 0 Å². The van der Waals surface area contributed by atoms with E-state index in [1.807, 2.05) is 49.4 Å². The van der Waals surface area contributed by atoms with E-state index in [0.717, 1.165) is 15.3 Å². The molecule has 0 spiro atoms. The van der Waals surface area contributed by atoms with Crippen LogP contribution >= 0.6 is 11.3 Å². The summed E-state index contributed by atoms with van der Waals surface area (Å²) in [5.74, 6) is -0.535. The molecule has 0 bridgehead atoms. The number of anilines is 1. The van der Waals surface area contributed by atoms with E-state index < -0.39 is 10.0 Å². The summed E-state index contributed by atoms with van der Waals surface area (Å²) in [7, 11) is -2.43. The number of nitrogens with one attached hydrogen (secondary N) is 1. The number of aryl methyl sites for hydroxylation is 1. The van der Waals surface area contributed by atoms with Crippen molar-refractivity contribution in [3.05, 3.63) is 82.0 Å². The number of hydrogen-bond acceptors (Lipinski definition) is 6. The van der Waals surface area contributed by atoms with Gasteiger partial charge in [0.25, 0.3) is 0 Å². The Morgan fingerprint density at radius 3 is 2.27 bits per heavy atom. The van der Waals surface area contributed by atoms with Gasteiger partial charge >= 0.3 is 0 Å². The van der Waals surface area contributed by atoms with Crippen LogP contribution in [0.15, 0.2) is 71.6 Å². The first-order valence-electron chi connectivity index (χ1n) is 11.9. The van der Waals surface area contributed by atoms with Crippen molar-refractivity contribution in [2.24, 2.45) is 0 Å². The van der Waals surface area contributed by atoms with E-state index in [1.165, 1.54) is 35.5 Å². The van der Waals surface area contributed by atoms with Crippen molar-refractivity contribution in [2.45, 2.75) is 38.3 Å². The van der Waals surface area contributed by atoms with E-state index in [2.05, 4.69) is 5.32 Å². The Kier molecular flexibility index (Phi) is 10.4. The van der Waals surface area contributed by atoms with E-state index >= 15 is 0 Å². The molecule has 0 radical (unpaired) electrons. The molecule has 37 heavy (non-hydrogen) atoms. The lowest BCUT2D eigenvalue weighted by Crippen LogP contribution is -2.43. The lowest BCUT2D eigenvalue weighted by molar-refractivity contribution is -0.132. The maximum atomic E-state index is 13.6. The summed E-state index contributed by atoms with van der Waals surface area (Å²) in [6.45, 7) is 4.36. The molecular formula is C27H33N3O5S2. The normalized spacial score (nSPS) is 11.5. The molecule has 1 N–H and O–H groups in total. The van der Waals surface area contributed by atoms with Crippen LogP contribution in [0.3, 0.4) is 0 Å². The zero-order chi connectivity index (χ0) is 26.8. The molecule has 0 aliphatic carbocycles. The van der Waals surface area contributed by atoms with E-state index in [1.54, 1.807) is 23.3 Å². The minimum Gasteiger partial charge on any atom is -0.385 e. The van der Waals surface area contributed by atoms with Crippen LogP contribution < -0.4 is 5.32 Å². The highest BCUT2D eigenvalue weighted by atomic mass is 32.2. The Morgan fingerprint density at radius 1 is 0.973 bits per heavy atom. The number of thiophene rings is 1. The Hall–Kier alpha value is -3.05. The fraction of sp³-hybridized carbons (Fsp3) is 0.333. The Labute approximate surface area is 222 Å². The Bertz CT molecular complexity index is 1270. The van der Waals surface area contributed by atoms with Gasteiger partial charge < -0.3 is 15.0 Å². The quantitative estimate of drug-likeness (QED) is 0.325. The van der Waals surface area contributed by atoms with Gasteiger partial charge in [0.1, 0.15) is 0 Å². The zero-order valence-corrected chi connectivity index (χ0v) is 23.0. The summed E-state index contributed by atoms with van der Waals surface area (Å²) in [6.07, 6.45) is 0.440. The van der Waals surface area contributed by atoms with Crippen molar-refractivity contribution in [3.63, 3.8) is 0 Å². The van der Waals surface area contributed by atoms with Gasteiger partial charge in [0, 0.05) is 49.2 Å². The monoisotopic (exact) mass is 543 g/mol. The molecule has 8 nitrogen and oxygen atoms in total. The maximum Gasteiger partial charge on any atom is 0.243 e. The standard InChI is InChI=1S/C27H33N3O5S2/c1-21-10-13-25(36-21)19-29(18-23-8-5-4-6-9-23)27(32)20-30(16-7-17-35-3)37(33,34)26-14-11-24(12-15-26)28-22(2)31/h4-6,8-15H,7,16-20H2,1-3H3,(H,28,31). The number of benzene rings is 2. The number of sulfonamides is 1. The van der Waals surface area contributed by atoms with Gasteiger partial charge in [0.2, 0.25) is 21.8 Å². The summed E-state index contributed by atoms with van der Waals surface area (Å²) in [5.41, 5.74) is 1.46. The number of hydrogen-bond donors (Lipinski definition) is 1. The van der Waals surface area contributed by atoms with Gasteiger partial charge in [-0.1, -0.05) is 30.3 Å². The second-order valence-corrected chi connectivity index (χ2v) is 11.9. The summed E-state index contributed by atoms with van der Waals surface area (Å²) < 4.78 is 33.5. The third kappa shape index (κ3) is 8.50. The minimum atomic E-state index is -3.98. The number of methoxy groups -OCH3 is 1. The summed E-state index contributed by atoms with van der Waals surface area (Å²) in [6, 6.07) is 19.6. The molecule has 198 valence electrons. The first-order chi connectivity index (χ1) is 17.7. The average molecular weight is 544 g/mol. The SMILES string of the molecule is COCCCN(CC(=O)N(Cc1ccccc1)Cc1ccc(C)s1)S(=O)(=O)c1ccc(NC(C)=O)cc1. The molecule has 2 aromatic carbocycles. The molecule has 0 atom stereocenters. The number of amides is 2. The van der Waals surface area contributed by atoms with Crippen LogP contribution in [0.25, 0.3) is 0 Å². The van der Waals surface area contributed by atoms with Crippen molar-refractivity contribution >= 4 is 38.9 Å². The predicted octanol–water partition coefficient (Wildman–Crippen LogP) is 4.27. The van der Waals surface area contributed by atoms with Crippen LogP contribution in [0, 0.1) is 6.92 Å². The summed E-state index contributed by atoms with van der Waals surface area (Å²) in [4.78, 5) is 28.8. The highest BCUT2D eigenvalue weighted by Gasteiger charge is 2.28. The predicted molar refractivity (Wildman–Crippen MR) is 146 cm³/mol. The van der Waals surface area contributed by atoms with Crippen molar-refractivity contribution in [2.75, 3.05) is 32.1 Å². The largest absolute Gasteiger partial charge is 0.385 e. The number of carbonyl (C=O) groups is 2. The smallest absolute Gasteiger partial charge is 0.243 e. The first-order valence-corrected chi connectivity index (χ1v) is 14.2. The van der Waals surface area contributed by atoms with Crippen molar-refractivity contribution in [1.29, 1.82) is 0 Å². The number of rotatable bonds is 13. The first kappa shape index (κ1) is 28.5. The van der Waals surface area contributed by atoms with Gasteiger partial charge in [0.05, 0.1) is 18.0 Å². The van der Waals surface area contributed by atoms with Crippen LogP contribution in [-0.2, 0) is 37.4 Å². The van der Waals surface area contributed by atoms with Crippen molar-refractivity contribution < 1.29 is 22.7 Å². The molecule has 0 fully saturated rings. The molecule has 1 aromatic heterocycles. The summed E-state index contributed by atoms with van der Waals surface area (Å²) >= 11 is 1.62. The Balaban J connectivity index is 1.85. The average Bonchev–Trinajstić information content (AvgIpc) is 3.28. The van der Waals surface area contributed by atoms with Gasteiger partial charge in [-0.2, -0.15) is 4.31 Å². The molecule has 3 aromatic rings. The molecule has 0 saturated heterocycles. The minimum absolute atomic E-state index is 0.0512. The highest BCUT2D eigenvalue weighted by Crippen LogP contribution is 2.22. The van der Waals surface area contributed by atoms with Crippen molar-refractivity contribution in [1.82, 2.24) is 9.21 Å². The second kappa shape index (κ2) is 13.5. The van der Waals surface area contributed by atoms with Crippen LogP contribution in [0.4, 0.5) is 5.69 Å². The molecule has 0 unspecified atom stereocenters. The zero-order valence-electron chi connectivity index (χ0n) is 21.3. The highest BCUT2D eigenvalue weighted by molar-refractivity contribution is 7.89. The fourth-order valence-electron chi connectivity index (χ4n) is 3.78. The van der Waals surface area contributed by atoms with Gasteiger partial charge in [-0.05, 0) is 55.3 Å². The molecule has 1 heterocycles. The van der Waals surface area contributed by atoms with Gasteiger partial charge in [-0.3, -0.25) is 9.59 Å². The Morgan fingerprint density at radius 2 is 1.68 bits per heavy atom. The molecule has 10 heteroatoms. The lowest BCUT2D eigenvalue weighted by atomic mass is 10.2. The van der Waals surface area contributed by atoms with E-state index in [-0.39, 0.29) is 29.8 Å². The van der Waals surface area contributed by atoms with E-state index in [0.29, 0.717) is 31.8 Å². The number of carbonyl (C=O) groups excluding carboxylic acids is 2. The molecule has 0 aliphatic rings.